The van der Waals surface area contributed by atoms with Gasteiger partial charge in [0, 0.05) is 0 Å². The van der Waals surface area contributed by atoms with E-state index in [9.17, 15) is 4.39 Å². The molecule has 2 aromatic rings. The first-order valence-corrected chi connectivity index (χ1v) is 4.17. The van der Waals surface area contributed by atoms with Crippen molar-refractivity contribution in [2.75, 3.05) is 5.73 Å². The lowest BCUT2D eigenvalue weighted by Crippen LogP contribution is -1.95. The minimum absolute atomic E-state index is 0.123. The third-order valence-electron chi connectivity index (χ3n) is 1.72. The van der Waals surface area contributed by atoms with Crippen molar-refractivity contribution in [3.63, 3.8) is 0 Å². The highest BCUT2D eigenvalue weighted by Gasteiger charge is 2.12. The summed E-state index contributed by atoms with van der Waals surface area (Å²) in [6.45, 7) is 0. The number of H-pyrrole nitrogens is 1. The van der Waals surface area contributed by atoms with Crippen LogP contribution in [-0.4, -0.2) is 15.0 Å². The molecule has 0 aliphatic rings. The minimum Gasteiger partial charge on any atom is -0.384 e. The normalized spacial score (nSPS) is 10.4. The summed E-state index contributed by atoms with van der Waals surface area (Å²) >= 11 is 5.74. The number of hydrogen-bond donors (Lipinski definition) is 2. The fourth-order valence-corrected chi connectivity index (χ4v) is 1.29. The van der Waals surface area contributed by atoms with Gasteiger partial charge in [-0.15, -0.1) is 0 Å². The molecule has 14 heavy (non-hydrogen) atoms. The summed E-state index contributed by atoms with van der Waals surface area (Å²) in [4.78, 5) is 9.97. The quantitative estimate of drug-likeness (QED) is 0.709. The second kappa shape index (κ2) is 3.26. The number of nitrogens with two attached hydrogens (primary N) is 1. The number of imidazole rings is 1. The molecular weight excluding hydrogens is 207 g/mol. The van der Waals surface area contributed by atoms with Crippen molar-refractivity contribution in [1.29, 1.82) is 0 Å². The van der Waals surface area contributed by atoms with Crippen LogP contribution in [0.4, 0.5) is 10.2 Å². The number of hydrogen-bond acceptors (Lipinski definition) is 3. The van der Waals surface area contributed by atoms with Crippen molar-refractivity contribution >= 4 is 17.4 Å². The Bertz CT molecular complexity index is 468. The van der Waals surface area contributed by atoms with E-state index in [1.165, 1.54) is 18.5 Å². The molecule has 0 radical (unpaired) electrons. The summed E-state index contributed by atoms with van der Waals surface area (Å²) in [6, 6.07) is 2.98. The van der Waals surface area contributed by atoms with Gasteiger partial charge in [0.2, 0.25) is 5.95 Å². The Morgan fingerprint density at radius 1 is 1.43 bits per heavy atom. The first-order valence-electron chi connectivity index (χ1n) is 3.80. The molecule has 0 aromatic carbocycles. The molecule has 0 spiro atoms. The topological polar surface area (TPSA) is 67.6 Å². The molecule has 0 fully saturated rings. The van der Waals surface area contributed by atoms with Crippen molar-refractivity contribution < 1.29 is 4.39 Å². The van der Waals surface area contributed by atoms with Crippen molar-refractivity contribution in [3.8, 4) is 11.3 Å². The molecule has 6 heteroatoms. The molecule has 0 unspecified atom stereocenters. The molecule has 0 atom stereocenters. The van der Waals surface area contributed by atoms with E-state index in [4.69, 9.17) is 17.3 Å². The predicted octanol–water partition coefficient (Wildman–Crippen LogP) is 1.85. The molecule has 3 N–H and O–H groups in total. The number of nitrogens with zero attached hydrogens (tertiary/aromatic N) is 2. The lowest BCUT2D eigenvalue weighted by Gasteiger charge is -1.99. The van der Waals surface area contributed by atoms with Gasteiger partial charge in [0.15, 0.2) is 0 Å². The maximum Gasteiger partial charge on any atom is 0.224 e. The number of halogens is 2. The summed E-state index contributed by atoms with van der Waals surface area (Å²) in [6.07, 6.45) is 1.38. The van der Waals surface area contributed by atoms with Crippen LogP contribution in [0, 0.1) is 5.95 Å². The van der Waals surface area contributed by atoms with Crippen LogP contribution in [0.25, 0.3) is 11.3 Å². The lowest BCUT2D eigenvalue weighted by molar-refractivity contribution is 0.589. The minimum atomic E-state index is -0.681. The number of nitrogens with one attached hydrogen (secondary N) is 1. The van der Waals surface area contributed by atoms with Gasteiger partial charge in [-0.05, 0) is 12.1 Å². The number of nitrogen functional groups attached to an aromatic ring is 1. The van der Waals surface area contributed by atoms with Gasteiger partial charge in [0.05, 0.1) is 11.9 Å². The highest BCUT2D eigenvalue weighted by molar-refractivity contribution is 6.31. The van der Waals surface area contributed by atoms with Crippen LogP contribution in [0.2, 0.25) is 5.15 Å². The van der Waals surface area contributed by atoms with Gasteiger partial charge in [-0.25, -0.2) is 9.97 Å². The first-order chi connectivity index (χ1) is 6.68. The van der Waals surface area contributed by atoms with E-state index in [1.807, 2.05) is 0 Å². The Hall–Kier alpha value is -1.62. The third kappa shape index (κ3) is 1.42. The Kier molecular flexibility index (Phi) is 2.09. The van der Waals surface area contributed by atoms with Gasteiger partial charge in [-0.3, -0.25) is 0 Å². The second-order valence-corrected chi connectivity index (χ2v) is 3.02. The van der Waals surface area contributed by atoms with E-state index in [1.54, 1.807) is 0 Å². The van der Waals surface area contributed by atoms with Gasteiger partial charge < -0.3 is 10.7 Å². The van der Waals surface area contributed by atoms with Crippen molar-refractivity contribution in [2.45, 2.75) is 0 Å². The Balaban J connectivity index is 2.58. The van der Waals surface area contributed by atoms with Crippen LogP contribution in [0.1, 0.15) is 0 Å². The van der Waals surface area contributed by atoms with Crippen LogP contribution in [0.3, 0.4) is 0 Å². The van der Waals surface area contributed by atoms with E-state index in [0.717, 1.165) is 0 Å². The first kappa shape index (κ1) is 8.96. The summed E-state index contributed by atoms with van der Waals surface area (Å²) in [5.74, 6) is -0.558. The molecule has 0 aliphatic carbocycles. The van der Waals surface area contributed by atoms with Crippen LogP contribution >= 0.6 is 11.6 Å². The fourth-order valence-electron chi connectivity index (χ4n) is 1.09. The van der Waals surface area contributed by atoms with E-state index in [0.29, 0.717) is 5.69 Å². The van der Waals surface area contributed by atoms with Gasteiger partial charge in [-0.2, -0.15) is 4.39 Å². The average Bonchev–Trinajstić information content (AvgIpc) is 2.52. The van der Waals surface area contributed by atoms with E-state index >= 15 is 0 Å². The zero-order valence-corrected chi connectivity index (χ0v) is 7.72. The maximum atomic E-state index is 13.3. The maximum absolute atomic E-state index is 13.3. The largest absolute Gasteiger partial charge is 0.384 e. The molecule has 0 saturated carbocycles. The smallest absolute Gasteiger partial charge is 0.224 e. The molecule has 2 heterocycles. The lowest BCUT2D eigenvalue weighted by atomic mass is 10.2. The monoisotopic (exact) mass is 212 g/mol. The van der Waals surface area contributed by atoms with E-state index in [-0.39, 0.29) is 16.5 Å². The Labute approximate surface area is 83.9 Å². The van der Waals surface area contributed by atoms with Crippen LogP contribution in [0.5, 0.6) is 0 Å². The van der Waals surface area contributed by atoms with Gasteiger partial charge in [-0.1, -0.05) is 11.6 Å². The standard InChI is InChI=1S/C8H6ClFN4/c9-7-6(12-3-13-7)4-1-2-5(11)14-8(4)10/h1-3H,(H2,11,14)(H,12,13). The number of aromatic amines is 1. The number of anilines is 1. The second-order valence-electron chi connectivity index (χ2n) is 2.64. The van der Waals surface area contributed by atoms with Crippen LogP contribution in [-0.2, 0) is 0 Å². The summed E-state index contributed by atoms with van der Waals surface area (Å²) < 4.78 is 13.3. The number of rotatable bonds is 1. The Morgan fingerprint density at radius 2 is 2.21 bits per heavy atom. The van der Waals surface area contributed by atoms with Crippen LogP contribution in [0.15, 0.2) is 18.5 Å². The van der Waals surface area contributed by atoms with Gasteiger partial charge in [0.1, 0.15) is 16.7 Å². The predicted molar refractivity (Wildman–Crippen MR) is 51.2 cm³/mol. The van der Waals surface area contributed by atoms with E-state index in [2.05, 4.69) is 15.0 Å². The number of pyridine rings is 1. The van der Waals surface area contributed by atoms with Gasteiger partial charge in [0.25, 0.3) is 0 Å². The summed E-state index contributed by atoms with van der Waals surface area (Å²) in [5.41, 5.74) is 5.86. The summed E-state index contributed by atoms with van der Waals surface area (Å²) in [7, 11) is 0. The molecule has 0 saturated heterocycles. The molecule has 2 aromatic heterocycles. The summed E-state index contributed by atoms with van der Waals surface area (Å²) in [5, 5.41) is 0.274. The number of aromatic nitrogens is 3. The molecular formula is C8H6ClFN4. The Morgan fingerprint density at radius 3 is 2.79 bits per heavy atom. The molecule has 2 rings (SSSR count). The highest BCUT2D eigenvalue weighted by Crippen LogP contribution is 2.25. The van der Waals surface area contributed by atoms with Crippen LogP contribution < -0.4 is 5.73 Å². The van der Waals surface area contributed by atoms with Gasteiger partial charge >= 0.3 is 0 Å². The molecule has 4 nitrogen and oxygen atoms in total. The molecule has 0 bridgehead atoms. The zero-order chi connectivity index (χ0) is 10.1. The van der Waals surface area contributed by atoms with E-state index < -0.39 is 5.95 Å². The SMILES string of the molecule is Nc1ccc(-c2nc[nH]c2Cl)c(F)n1. The van der Waals surface area contributed by atoms with Crippen molar-refractivity contribution in [1.82, 2.24) is 15.0 Å². The molecule has 72 valence electrons. The third-order valence-corrected chi connectivity index (χ3v) is 2.01. The molecule has 0 amide bonds. The molecule has 0 aliphatic heterocycles. The highest BCUT2D eigenvalue weighted by atomic mass is 35.5. The fraction of sp³-hybridized carbons (Fsp3) is 0. The zero-order valence-electron chi connectivity index (χ0n) is 6.96. The van der Waals surface area contributed by atoms with Crippen molar-refractivity contribution in [2.24, 2.45) is 0 Å². The van der Waals surface area contributed by atoms with Crippen molar-refractivity contribution in [3.05, 3.63) is 29.6 Å². The average molecular weight is 213 g/mol.